The molecule has 1 aromatic rings. The summed E-state index contributed by atoms with van der Waals surface area (Å²) < 4.78 is 5.55. The molecule has 0 fully saturated rings. The van der Waals surface area contributed by atoms with E-state index in [0.29, 0.717) is 12.3 Å². The van der Waals surface area contributed by atoms with Crippen molar-refractivity contribution in [3.05, 3.63) is 29.3 Å². The lowest BCUT2D eigenvalue weighted by Crippen LogP contribution is -2.29. The van der Waals surface area contributed by atoms with Gasteiger partial charge in [-0.3, -0.25) is 4.79 Å². The van der Waals surface area contributed by atoms with Crippen LogP contribution in [-0.2, 0) is 4.79 Å². The van der Waals surface area contributed by atoms with Crippen LogP contribution in [0.1, 0.15) is 43.9 Å². The standard InChI is InChI=1S/C15H24N2O2/c1-4-5-8-17-15(18)10-19-14-7-6-11(2)9-13(14)12(3)16/h6-7,9,12H,4-5,8,10,16H2,1-3H3,(H,17,18)/t12-/m1/s1. The first-order valence-corrected chi connectivity index (χ1v) is 6.80. The maximum atomic E-state index is 11.6. The number of unbranched alkanes of at least 4 members (excludes halogenated alkanes) is 1. The van der Waals surface area contributed by atoms with E-state index in [0.717, 1.165) is 24.0 Å². The van der Waals surface area contributed by atoms with E-state index in [1.54, 1.807) is 0 Å². The Labute approximate surface area is 115 Å². The van der Waals surface area contributed by atoms with Crippen molar-refractivity contribution in [1.29, 1.82) is 0 Å². The van der Waals surface area contributed by atoms with E-state index in [2.05, 4.69) is 12.2 Å². The monoisotopic (exact) mass is 264 g/mol. The van der Waals surface area contributed by atoms with Crippen LogP contribution < -0.4 is 15.8 Å². The Morgan fingerprint density at radius 2 is 2.21 bits per heavy atom. The number of ether oxygens (including phenoxy) is 1. The molecule has 3 N–H and O–H groups in total. The minimum Gasteiger partial charge on any atom is -0.483 e. The van der Waals surface area contributed by atoms with Crippen molar-refractivity contribution < 1.29 is 9.53 Å². The molecule has 19 heavy (non-hydrogen) atoms. The molecule has 106 valence electrons. The highest BCUT2D eigenvalue weighted by molar-refractivity contribution is 5.77. The maximum absolute atomic E-state index is 11.6. The summed E-state index contributed by atoms with van der Waals surface area (Å²) >= 11 is 0. The molecule has 0 bridgehead atoms. The number of nitrogens with one attached hydrogen (secondary N) is 1. The average molecular weight is 264 g/mol. The molecule has 0 unspecified atom stereocenters. The van der Waals surface area contributed by atoms with Gasteiger partial charge in [-0.25, -0.2) is 0 Å². The van der Waals surface area contributed by atoms with Gasteiger partial charge >= 0.3 is 0 Å². The van der Waals surface area contributed by atoms with Crippen LogP contribution in [0.4, 0.5) is 0 Å². The molecule has 4 nitrogen and oxygen atoms in total. The predicted molar refractivity (Wildman–Crippen MR) is 77.2 cm³/mol. The Morgan fingerprint density at radius 1 is 1.47 bits per heavy atom. The largest absolute Gasteiger partial charge is 0.483 e. The molecule has 4 heteroatoms. The molecule has 1 amide bonds. The van der Waals surface area contributed by atoms with Gasteiger partial charge in [0.15, 0.2) is 6.61 Å². The van der Waals surface area contributed by atoms with E-state index in [1.165, 1.54) is 0 Å². The van der Waals surface area contributed by atoms with Gasteiger partial charge in [0.25, 0.3) is 5.91 Å². The van der Waals surface area contributed by atoms with Crippen molar-refractivity contribution in [3.63, 3.8) is 0 Å². The van der Waals surface area contributed by atoms with E-state index in [9.17, 15) is 4.79 Å². The van der Waals surface area contributed by atoms with Crippen LogP contribution in [0.15, 0.2) is 18.2 Å². The van der Waals surface area contributed by atoms with Gasteiger partial charge in [0.2, 0.25) is 0 Å². The second kappa shape index (κ2) is 7.79. The molecule has 0 saturated heterocycles. The predicted octanol–water partition coefficient (Wildman–Crippen LogP) is 2.31. The molecule has 0 heterocycles. The Kier molecular flexibility index (Phi) is 6.36. The molecule has 0 aliphatic carbocycles. The summed E-state index contributed by atoms with van der Waals surface area (Å²) in [6.07, 6.45) is 2.05. The number of hydrogen-bond donors (Lipinski definition) is 2. The number of benzene rings is 1. The Morgan fingerprint density at radius 3 is 2.84 bits per heavy atom. The van der Waals surface area contributed by atoms with Crippen LogP contribution >= 0.6 is 0 Å². The normalized spacial score (nSPS) is 12.0. The van der Waals surface area contributed by atoms with Crippen molar-refractivity contribution in [2.75, 3.05) is 13.2 Å². The molecule has 0 aromatic heterocycles. The topological polar surface area (TPSA) is 64.3 Å². The van der Waals surface area contributed by atoms with Gasteiger partial charge in [-0.1, -0.05) is 31.0 Å². The average Bonchev–Trinajstić information content (AvgIpc) is 2.37. The first kappa shape index (κ1) is 15.5. The van der Waals surface area contributed by atoms with Crippen LogP contribution in [0.2, 0.25) is 0 Å². The molecule has 0 aliphatic rings. The molecule has 0 radical (unpaired) electrons. The lowest BCUT2D eigenvalue weighted by atomic mass is 10.1. The third-order valence-electron chi connectivity index (χ3n) is 2.87. The van der Waals surface area contributed by atoms with Crippen molar-refractivity contribution in [3.8, 4) is 5.75 Å². The SMILES string of the molecule is CCCCNC(=O)COc1ccc(C)cc1[C@@H](C)N. The smallest absolute Gasteiger partial charge is 0.257 e. The summed E-state index contributed by atoms with van der Waals surface area (Å²) in [5, 5.41) is 2.82. The number of rotatable bonds is 7. The first-order valence-electron chi connectivity index (χ1n) is 6.80. The van der Waals surface area contributed by atoms with E-state index in [4.69, 9.17) is 10.5 Å². The number of aryl methyl sites for hydroxylation is 1. The Balaban J connectivity index is 2.55. The lowest BCUT2D eigenvalue weighted by molar-refractivity contribution is -0.123. The highest BCUT2D eigenvalue weighted by Gasteiger charge is 2.10. The number of hydrogen-bond acceptors (Lipinski definition) is 3. The van der Waals surface area contributed by atoms with Gasteiger partial charge in [-0.15, -0.1) is 0 Å². The second-order valence-corrected chi connectivity index (χ2v) is 4.82. The summed E-state index contributed by atoms with van der Waals surface area (Å²) in [7, 11) is 0. The van der Waals surface area contributed by atoms with Gasteiger partial charge in [0.1, 0.15) is 5.75 Å². The first-order chi connectivity index (χ1) is 9.04. The van der Waals surface area contributed by atoms with Crippen molar-refractivity contribution in [2.45, 2.75) is 39.7 Å². The third kappa shape index (κ3) is 5.30. The zero-order valence-corrected chi connectivity index (χ0v) is 12.0. The highest BCUT2D eigenvalue weighted by Crippen LogP contribution is 2.24. The van der Waals surface area contributed by atoms with Crippen LogP contribution in [-0.4, -0.2) is 19.1 Å². The van der Waals surface area contributed by atoms with Crippen LogP contribution in [0.3, 0.4) is 0 Å². The molecular weight excluding hydrogens is 240 g/mol. The summed E-state index contributed by atoms with van der Waals surface area (Å²) in [5.41, 5.74) is 7.97. The second-order valence-electron chi connectivity index (χ2n) is 4.82. The Bertz CT molecular complexity index is 417. The van der Waals surface area contributed by atoms with E-state index in [1.807, 2.05) is 32.0 Å². The summed E-state index contributed by atoms with van der Waals surface area (Å²) in [5.74, 6) is 0.593. The van der Waals surface area contributed by atoms with Gasteiger partial charge < -0.3 is 15.8 Å². The minimum atomic E-state index is -0.113. The van der Waals surface area contributed by atoms with Crippen LogP contribution in [0.25, 0.3) is 0 Å². The van der Waals surface area contributed by atoms with Crippen molar-refractivity contribution in [1.82, 2.24) is 5.32 Å². The van der Waals surface area contributed by atoms with Crippen LogP contribution in [0.5, 0.6) is 5.75 Å². The minimum absolute atomic E-state index is 0.0342. The molecule has 1 atom stereocenters. The molecule has 0 aliphatic heterocycles. The van der Waals surface area contributed by atoms with E-state index < -0.39 is 0 Å². The van der Waals surface area contributed by atoms with Gasteiger partial charge in [-0.2, -0.15) is 0 Å². The Hall–Kier alpha value is -1.55. The quantitative estimate of drug-likeness (QED) is 0.743. The molecule has 0 spiro atoms. The molecule has 1 rings (SSSR count). The van der Waals surface area contributed by atoms with E-state index >= 15 is 0 Å². The summed E-state index contributed by atoms with van der Waals surface area (Å²) in [6.45, 7) is 6.74. The van der Waals surface area contributed by atoms with E-state index in [-0.39, 0.29) is 18.6 Å². The maximum Gasteiger partial charge on any atom is 0.257 e. The number of nitrogens with two attached hydrogens (primary N) is 1. The number of amides is 1. The fourth-order valence-corrected chi connectivity index (χ4v) is 1.75. The van der Waals surface area contributed by atoms with Crippen LogP contribution in [0, 0.1) is 6.92 Å². The van der Waals surface area contributed by atoms with Gasteiger partial charge in [0.05, 0.1) is 0 Å². The highest BCUT2D eigenvalue weighted by atomic mass is 16.5. The van der Waals surface area contributed by atoms with Crippen molar-refractivity contribution >= 4 is 5.91 Å². The van der Waals surface area contributed by atoms with Gasteiger partial charge in [-0.05, 0) is 26.3 Å². The fraction of sp³-hybridized carbons (Fsp3) is 0.533. The molecule has 1 aromatic carbocycles. The number of carbonyl (C=O) groups is 1. The van der Waals surface area contributed by atoms with Crippen molar-refractivity contribution in [2.24, 2.45) is 5.73 Å². The van der Waals surface area contributed by atoms with Gasteiger partial charge in [0, 0.05) is 18.2 Å². The summed E-state index contributed by atoms with van der Waals surface area (Å²) in [6, 6.07) is 5.71. The molecule has 0 saturated carbocycles. The third-order valence-corrected chi connectivity index (χ3v) is 2.87. The lowest BCUT2D eigenvalue weighted by Gasteiger charge is -2.14. The zero-order chi connectivity index (χ0) is 14.3. The molecular formula is C15H24N2O2. The zero-order valence-electron chi connectivity index (χ0n) is 12.0. The fourth-order valence-electron chi connectivity index (χ4n) is 1.75. The summed E-state index contributed by atoms with van der Waals surface area (Å²) in [4.78, 5) is 11.6. The number of carbonyl (C=O) groups excluding carboxylic acids is 1.